The van der Waals surface area contributed by atoms with Crippen LogP contribution in [0.15, 0.2) is 54.7 Å². The lowest BCUT2D eigenvalue weighted by molar-refractivity contribution is -0.154. The first-order valence-corrected chi connectivity index (χ1v) is 13.1. The summed E-state index contributed by atoms with van der Waals surface area (Å²) in [6, 6.07) is 12.0. The molecule has 0 radical (unpaired) electrons. The number of ether oxygens (including phenoxy) is 3. The molecule has 3 rings (SSSR count). The van der Waals surface area contributed by atoms with Gasteiger partial charge in [-0.05, 0) is 29.7 Å². The fourth-order valence-corrected chi connectivity index (χ4v) is 4.80. The van der Waals surface area contributed by atoms with E-state index in [4.69, 9.17) is 19.9 Å². The lowest BCUT2D eigenvalue weighted by Crippen LogP contribution is -2.63. The lowest BCUT2D eigenvalue weighted by Gasteiger charge is -2.41. The van der Waals surface area contributed by atoms with Crippen LogP contribution in [0.2, 0.25) is 0 Å². The van der Waals surface area contributed by atoms with E-state index in [1.54, 1.807) is 62.4 Å². The molecule has 1 aliphatic rings. The lowest BCUT2D eigenvalue weighted by atomic mass is 9.82. The minimum Gasteiger partial charge on any atom is -0.493 e. The molecule has 2 atom stereocenters. The molecule has 1 aliphatic heterocycles. The Morgan fingerprint density at radius 1 is 1.00 bits per heavy atom. The van der Waals surface area contributed by atoms with E-state index in [2.05, 4.69) is 0 Å². The van der Waals surface area contributed by atoms with Gasteiger partial charge in [0.25, 0.3) is 17.6 Å². The summed E-state index contributed by atoms with van der Waals surface area (Å²) >= 11 is 0. The summed E-state index contributed by atoms with van der Waals surface area (Å²) in [7, 11) is 4.23. The number of amides is 2. The monoisotopic (exact) mass is 581 g/mol. The maximum Gasteiger partial charge on any atom is 0.374 e. The van der Waals surface area contributed by atoms with Gasteiger partial charge in [-0.3, -0.25) is 19.2 Å². The zero-order valence-corrected chi connectivity index (χ0v) is 24.2. The molecule has 1 heterocycles. The Morgan fingerprint density at radius 3 is 2.19 bits per heavy atom. The SMILES string of the molecule is COCC(=O)N1C=C(c2ccc(OC)c(OC)c2)N(CC(=O)[C@@](N)(Cc2ccccc2)C(=O)C(=O)O)C(=O)C1C(C)C. The van der Waals surface area contributed by atoms with Gasteiger partial charge in [0.1, 0.15) is 12.6 Å². The molecule has 0 saturated heterocycles. The second-order valence-corrected chi connectivity index (χ2v) is 10.1. The van der Waals surface area contributed by atoms with E-state index in [1.807, 2.05) is 0 Å². The van der Waals surface area contributed by atoms with Gasteiger partial charge in [0.2, 0.25) is 0 Å². The average Bonchev–Trinajstić information content (AvgIpc) is 2.97. The highest BCUT2D eigenvalue weighted by Gasteiger charge is 2.48. The maximum atomic E-state index is 14.1. The highest BCUT2D eigenvalue weighted by molar-refractivity contribution is 6.42. The highest BCUT2D eigenvalue weighted by Crippen LogP contribution is 2.35. The number of rotatable bonds is 13. The van der Waals surface area contributed by atoms with Crippen molar-refractivity contribution in [1.29, 1.82) is 0 Å². The third-order valence-corrected chi connectivity index (χ3v) is 6.96. The summed E-state index contributed by atoms with van der Waals surface area (Å²) in [5.41, 5.74) is 4.78. The van der Waals surface area contributed by atoms with Crippen LogP contribution >= 0.6 is 0 Å². The minimum atomic E-state index is -2.48. The van der Waals surface area contributed by atoms with Crippen LogP contribution in [0.4, 0.5) is 0 Å². The molecule has 3 N–H and O–H groups in total. The van der Waals surface area contributed by atoms with Gasteiger partial charge in [0.05, 0.1) is 26.5 Å². The molecule has 0 saturated carbocycles. The third-order valence-electron chi connectivity index (χ3n) is 6.96. The number of nitrogens with two attached hydrogens (primary N) is 1. The van der Waals surface area contributed by atoms with Gasteiger partial charge >= 0.3 is 5.97 Å². The fourth-order valence-electron chi connectivity index (χ4n) is 4.80. The van der Waals surface area contributed by atoms with E-state index < -0.39 is 59.8 Å². The highest BCUT2D eigenvalue weighted by atomic mass is 16.5. The Morgan fingerprint density at radius 2 is 1.64 bits per heavy atom. The summed E-state index contributed by atoms with van der Waals surface area (Å²) in [5.74, 6) is -5.17. The molecule has 0 bridgehead atoms. The van der Waals surface area contributed by atoms with Crippen LogP contribution in [0, 0.1) is 5.92 Å². The number of ketones is 2. The van der Waals surface area contributed by atoms with Crippen molar-refractivity contribution in [1.82, 2.24) is 9.80 Å². The molecule has 0 aliphatic carbocycles. The number of methoxy groups -OCH3 is 3. The fraction of sp³-hybridized carbons (Fsp3) is 0.367. The van der Waals surface area contributed by atoms with Gasteiger partial charge < -0.3 is 34.9 Å². The predicted molar refractivity (Wildman–Crippen MR) is 151 cm³/mol. The van der Waals surface area contributed by atoms with Crippen molar-refractivity contribution in [2.45, 2.75) is 31.8 Å². The summed E-state index contributed by atoms with van der Waals surface area (Å²) in [6.07, 6.45) is 1.03. The van der Waals surface area contributed by atoms with Crippen LogP contribution in [-0.4, -0.2) is 90.3 Å². The first-order chi connectivity index (χ1) is 19.9. The van der Waals surface area contributed by atoms with E-state index in [0.29, 0.717) is 22.6 Å². The number of carbonyl (C=O) groups is 5. The topological polar surface area (TPSA) is 166 Å². The van der Waals surface area contributed by atoms with Crippen LogP contribution in [0.3, 0.4) is 0 Å². The third kappa shape index (κ3) is 6.50. The summed E-state index contributed by atoms with van der Waals surface area (Å²) in [4.78, 5) is 68.0. The second-order valence-electron chi connectivity index (χ2n) is 10.1. The van der Waals surface area contributed by atoms with Crippen LogP contribution in [0.25, 0.3) is 5.70 Å². The molecule has 0 spiro atoms. The molecule has 0 fully saturated rings. The molecule has 224 valence electrons. The molecule has 12 heteroatoms. The maximum absolute atomic E-state index is 14.1. The Labute approximate surface area is 243 Å². The molecular weight excluding hydrogens is 546 g/mol. The average molecular weight is 582 g/mol. The summed E-state index contributed by atoms with van der Waals surface area (Å²) in [6.45, 7) is 2.43. The minimum absolute atomic E-state index is 0.125. The van der Waals surface area contributed by atoms with Gasteiger partial charge in [-0.2, -0.15) is 0 Å². The Hall–Kier alpha value is -4.55. The number of carboxylic acids is 1. The van der Waals surface area contributed by atoms with Crippen molar-refractivity contribution in [3.05, 3.63) is 65.9 Å². The zero-order chi connectivity index (χ0) is 31.2. The number of nitrogens with zero attached hydrogens (tertiary/aromatic N) is 2. The van der Waals surface area contributed by atoms with E-state index in [9.17, 15) is 29.1 Å². The number of benzene rings is 2. The predicted octanol–water partition coefficient (Wildman–Crippen LogP) is 1.51. The number of aliphatic carboxylic acids is 1. The van der Waals surface area contributed by atoms with Crippen LogP contribution in [0.5, 0.6) is 11.5 Å². The normalized spacial score (nSPS) is 16.5. The smallest absolute Gasteiger partial charge is 0.374 e. The molecule has 2 aromatic carbocycles. The van der Waals surface area contributed by atoms with Crippen molar-refractivity contribution in [2.24, 2.45) is 11.7 Å². The van der Waals surface area contributed by atoms with E-state index >= 15 is 0 Å². The molecule has 0 aromatic heterocycles. The second kappa shape index (κ2) is 13.4. The van der Waals surface area contributed by atoms with Crippen LogP contribution in [0.1, 0.15) is 25.0 Å². The standard InChI is InChI=1S/C30H35N3O9/c1-18(2)26-28(37)32(16-24(34)30(31,27(36)29(38)39)14-19-9-7-6-8-10-19)21(15-33(26)25(35)17-40-3)20-11-12-22(41-4)23(13-20)42-5/h6-13,15,18,26H,14,16-17,31H2,1-5H3,(H,38,39)/t26?,30-/m0/s1. The molecular formula is C30H35N3O9. The van der Waals surface area contributed by atoms with Gasteiger partial charge in [-0.1, -0.05) is 44.2 Å². The Kier molecular flexibility index (Phi) is 10.2. The van der Waals surface area contributed by atoms with E-state index in [1.165, 1.54) is 32.4 Å². The quantitative estimate of drug-likeness (QED) is 0.262. The van der Waals surface area contributed by atoms with Gasteiger partial charge in [-0.25, -0.2) is 4.79 Å². The Balaban J connectivity index is 2.18. The zero-order valence-electron chi connectivity index (χ0n) is 24.2. The van der Waals surface area contributed by atoms with Gasteiger partial charge in [0, 0.05) is 25.3 Å². The first kappa shape index (κ1) is 32.0. The molecule has 42 heavy (non-hydrogen) atoms. The summed E-state index contributed by atoms with van der Waals surface area (Å²) in [5, 5.41) is 9.55. The Bertz CT molecular complexity index is 1390. The van der Waals surface area contributed by atoms with Gasteiger partial charge in [0.15, 0.2) is 22.8 Å². The largest absolute Gasteiger partial charge is 0.493 e. The van der Waals surface area contributed by atoms with Crippen molar-refractivity contribution in [3.63, 3.8) is 0 Å². The van der Waals surface area contributed by atoms with Crippen LogP contribution in [-0.2, 0) is 35.1 Å². The van der Waals surface area contributed by atoms with Crippen molar-refractivity contribution in [3.8, 4) is 11.5 Å². The molecule has 12 nitrogen and oxygen atoms in total. The first-order valence-electron chi connectivity index (χ1n) is 13.1. The van der Waals surface area contributed by atoms with Crippen LogP contribution < -0.4 is 15.2 Å². The number of carboxylic acid groups (broad SMARTS) is 1. The van der Waals surface area contributed by atoms with E-state index in [-0.39, 0.29) is 12.3 Å². The molecule has 1 unspecified atom stereocenters. The van der Waals surface area contributed by atoms with Crippen molar-refractivity contribution >= 4 is 35.0 Å². The van der Waals surface area contributed by atoms with Gasteiger partial charge in [-0.15, -0.1) is 0 Å². The molecule has 2 aromatic rings. The number of hydrogen-bond donors (Lipinski definition) is 2. The van der Waals surface area contributed by atoms with Crippen molar-refractivity contribution in [2.75, 3.05) is 34.5 Å². The van der Waals surface area contributed by atoms with E-state index in [0.717, 1.165) is 4.90 Å². The number of Topliss-reactive ketones (excluding diaryl/α,β-unsaturated/α-hetero) is 2. The number of hydrogen-bond acceptors (Lipinski definition) is 9. The number of carbonyl (C=O) groups excluding carboxylic acids is 4. The van der Waals surface area contributed by atoms with Crippen molar-refractivity contribution < 1.29 is 43.3 Å². The summed E-state index contributed by atoms with van der Waals surface area (Å²) < 4.78 is 15.7. The molecule has 2 amide bonds.